The van der Waals surface area contributed by atoms with Crippen LogP contribution >= 0.6 is 11.6 Å². The number of benzene rings is 2. The highest BCUT2D eigenvalue weighted by molar-refractivity contribution is 6.31. The monoisotopic (exact) mass is 372 g/mol. The van der Waals surface area contributed by atoms with Crippen molar-refractivity contribution in [2.45, 2.75) is 13.0 Å². The van der Waals surface area contributed by atoms with Crippen LogP contribution in [0.3, 0.4) is 0 Å². The topological polar surface area (TPSA) is 68.3 Å². The lowest BCUT2D eigenvalue weighted by atomic mass is 10.1. The average molecular weight is 373 g/mol. The zero-order valence-corrected chi connectivity index (χ0v) is 14.5. The molecule has 0 aliphatic rings. The quantitative estimate of drug-likeness (QED) is 0.696. The van der Waals surface area contributed by atoms with Crippen LogP contribution in [0.2, 0.25) is 5.02 Å². The second-order valence-electron chi connectivity index (χ2n) is 5.55. The van der Waals surface area contributed by atoms with Gasteiger partial charge in [0.15, 0.2) is 6.10 Å². The first-order valence-electron chi connectivity index (χ1n) is 7.76. The lowest BCUT2D eigenvalue weighted by molar-refractivity contribution is -0.123. The van der Waals surface area contributed by atoms with Gasteiger partial charge in [0, 0.05) is 17.3 Å². The van der Waals surface area contributed by atoms with Crippen molar-refractivity contribution in [3.05, 3.63) is 71.1 Å². The molecule has 3 rings (SSSR count). The maximum atomic E-state index is 13.2. The molecule has 3 aromatic rings. The van der Waals surface area contributed by atoms with Crippen LogP contribution in [0.1, 0.15) is 17.3 Å². The largest absolute Gasteiger partial charge is 0.449 e. The Labute approximate surface area is 153 Å². The van der Waals surface area contributed by atoms with Crippen molar-refractivity contribution in [2.75, 3.05) is 5.32 Å². The van der Waals surface area contributed by atoms with Crippen LogP contribution in [0.4, 0.5) is 10.1 Å². The molecule has 0 bridgehead atoms. The second kappa shape index (κ2) is 7.49. The Balaban J connectivity index is 1.72. The number of pyridine rings is 1. The predicted octanol–water partition coefficient (Wildman–Crippen LogP) is 4.21. The molecule has 0 spiro atoms. The van der Waals surface area contributed by atoms with Crippen LogP contribution in [0.5, 0.6) is 0 Å². The standard InChI is InChI=1S/C19H14ClFN2O3/c1-11(18(24)23-13-7-8-16(21)15(20)10-13)26-19(25)14-6-2-4-12-5-3-9-22-17(12)14/h2-11H,1H3,(H,23,24)/t11-/m0/s1. The van der Waals surface area contributed by atoms with E-state index in [2.05, 4.69) is 10.3 Å². The zero-order valence-electron chi connectivity index (χ0n) is 13.7. The highest BCUT2D eigenvalue weighted by Crippen LogP contribution is 2.20. The number of carbonyl (C=O) groups is 2. The third-order valence-corrected chi connectivity index (χ3v) is 3.98. The summed E-state index contributed by atoms with van der Waals surface area (Å²) in [5.41, 5.74) is 1.07. The summed E-state index contributed by atoms with van der Waals surface area (Å²) in [5.74, 6) is -1.81. The average Bonchev–Trinajstić information content (AvgIpc) is 2.64. The first-order valence-corrected chi connectivity index (χ1v) is 8.14. The number of anilines is 1. The van der Waals surface area contributed by atoms with E-state index in [-0.39, 0.29) is 10.6 Å². The Hall–Kier alpha value is -2.99. The van der Waals surface area contributed by atoms with E-state index in [0.29, 0.717) is 11.2 Å². The third kappa shape index (κ3) is 3.81. The highest BCUT2D eigenvalue weighted by atomic mass is 35.5. The molecule has 0 saturated heterocycles. The number of ether oxygens (including phenoxy) is 1. The molecule has 0 saturated carbocycles. The van der Waals surface area contributed by atoms with Crippen LogP contribution in [0, 0.1) is 5.82 Å². The number of carbonyl (C=O) groups excluding carboxylic acids is 2. The molecule has 5 nitrogen and oxygen atoms in total. The van der Waals surface area contributed by atoms with Crippen molar-refractivity contribution in [3.63, 3.8) is 0 Å². The van der Waals surface area contributed by atoms with Crippen molar-refractivity contribution < 1.29 is 18.7 Å². The number of hydrogen-bond donors (Lipinski definition) is 1. The van der Waals surface area contributed by atoms with Crippen LogP contribution in [0.15, 0.2) is 54.7 Å². The van der Waals surface area contributed by atoms with Gasteiger partial charge in [-0.15, -0.1) is 0 Å². The molecule has 1 heterocycles. The fraction of sp³-hybridized carbons (Fsp3) is 0.105. The Morgan fingerprint density at radius 3 is 2.73 bits per heavy atom. The van der Waals surface area contributed by atoms with Gasteiger partial charge in [0.2, 0.25) is 0 Å². The SMILES string of the molecule is C[C@H](OC(=O)c1cccc2cccnc12)C(=O)Nc1ccc(F)c(Cl)c1. The molecule has 1 aromatic heterocycles. The van der Waals surface area contributed by atoms with Crippen LogP contribution in [-0.4, -0.2) is 23.0 Å². The van der Waals surface area contributed by atoms with Crippen LogP contribution in [0.25, 0.3) is 10.9 Å². The highest BCUT2D eigenvalue weighted by Gasteiger charge is 2.21. The lowest BCUT2D eigenvalue weighted by Crippen LogP contribution is -2.30. The number of nitrogens with zero attached hydrogens (tertiary/aromatic N) is 1. The van der Waals surface area contributed by atoms with Crippen LogP contribution < -0.4 is 5.32 Å². The van der Waals surface area contributed by atoms with E-state index in [1.54, 1.807) is 24.4 Å². The summed E-state index contributed by atoms with van der Waals surface area (Å²) in [6.07, 6.45) is 0.512. The number of esters is 1. The molecule has 26 heavy (non-hydrogen) atoms. The van der Waals surface area contributed by atoms with E-state index in [0.717, 1.165) is 11.5 Å². The molecule has 0 aliphatic heterocycles. The molecule has 132 valence electrons. The molecule has 0 fully saturated rings. The van der Waals surface area contributed by atoms with Gasteiger partial charge in [0.1, 0.15) is 5.82 Å². The first kappa shape index (κ1) is 17.8. The van der Waals surface area contributed by atoms with E-state index in [4.69, 9.17) is 16.3 Å². The number of para-hydroxylation sites is 1. The summed E-state index contributed by atoms with van der Waals surface area (Å²) >= 11 is 5.68. The first-order chi connectivity index (χ1) is 12.5. The van der Waals surface area contributed by atoms with E-state index in [9.17, 15) is 14.0 Å². The van der Waals surface area contributed by atoms with Crippen molar-refractivity contribution in [1.29, 1.82) is 0 Å². The van der Waals surface area contributed by atoms with E-state index in [1.807, 2.05) is 12.1 Å². The maximum Gasteiger partial charge on any atom is 0.341 e. The van der Waals surface area contributed by atoms with Gasteiger partial charge in [0.25, 0.3) is 5.91 Å². The van der Waals surface area contributed by atoms with Gasteiger partial charge < -0.3 is 10.1 Å². The molecule has 1 amide bonds. The smallest absolute Gasteiger partial charge is 0.341 e. The number of amides is 1. The number of fused-ring (bicyclic) bond motifs is 1. The summed E-state index contributed by atoms with van der Waals surface area (Å²) in [7, 11) is 0. The second-order valence-corrected chi connectivity index (χ2v) is 5.95. The summed E-state index contributed by atoms with van der Waals surface area (Å²) < 4.78 is 18.4. The van der Waals surface area contributed by atoms with Gasteiger partial charge in [0.05, 0.1) is 16.1 Å². The number of hydrogen-bond acceptors (Lipinski definition) is 4. The van der Waals surface area contributed by atoms with Gasteiger partial charge in [-0.2, -0.15) is 0 Å². The number of rotatable bonds is 4. The van der Waals surface area contributed by atoms with Gasteiger partial charge in [-0.05, 0) is 37.3 Å². The van der Waals surface area contributed by atoms with Gasteiger partial charge in [-0.1, -0.05) is 29.8 Å². The fourth-order valence-corrected chi connectivity index (χ4v) is 2.54. The van der Waals surface area contributed by atoms with Crippen molar-refractivity contribution in [1.82, 2.24) is 4.98 Å². The summed E-state index contributed by atoms with van der Waals surface area (Å²) in [6, 6.07) is 12.5. The van der Waals surface area contributed by atoms with Gasteiger partial charge in [-0.25, -0.2) is 9.18 Å². The molecule has 0 aliphatic carbocycles. The third-order valence-electron chi connectivity index (χ3n) is 3.69. The fourth-order valence-electron chi connectivity index (χ4n) is 2.36. The molecule has 7 heteroatoms. The van der Waals surface area contributed by atoms with E-state index < -0.39 is 23.8 Å². The molecule has 0 radical (unpaired) electrons. The Kier molecular flexibility index (Phi) is 5.14. The molecular formula is C19H14ClFN2O3. The summed E-state index contributed by atoms with van der Waals surface area (Å²) in [4.78, 5) is 28.8. The van der Waals surface area contributed by atoms with Crippen LogP contribution in [-0.2, 0) is 9.53 Å². The minimum absolute atomic E-state index is 0.116. The molecule has 0 unspecified atom stereocenters. The van der Waals surface area contributed by atoms with Crippen molar-refractivity contribution in [3.8, 4) is 0 Å². The van der Waals surface area contributed by atoms with Gasteiger partial charge >= 0.3 is 5.97 Å². The minimum atomic E-state index is -1.06. The Morgan fingerprint density at radius 1 is 1.19 bits per heavy atom. The number of nitrogens with one attached hydrogen (secondary N) is 1. The molecular weight excluding hydrogens is 359 g/mol. The Bertz CT molecular complexity index is 988. The number of aromatic nitrogens is 1. The summed E-state index contributed by atoms with van der Waals surface area (Å²) in [5, 5.41) is 3.20. The van der Waals surface area contributed by atoms with Crippen molar-refractivity contribution in [2.24, 2.45) is 0 Å². The number of halogens is 2. The van der Waals surface area contributed by atoms with E-state index in [1.165, 1.54) is 19.1 Å². The molecule has 2 aromatic carbocycles. The van der Waals surface area contributed by atoms with Gasteiger partial charge in [-0.3, -0.25) is 9.78 Å². The van der Waals surface area contributed by atoms with Crippen molar-refractivity contribution >= 4 is 40.1 Å². The predicted molar refractivity (Wildman–Crippen MR) is 96.7 cm³/mol. The minimum Gasteiger partial charge on any atom is -0.449 e. The Morgan fingerprint density at radius 2 is 1.96 bits per heavy atom. The van der Waals surface area contributed by atoms with E-state index >= 15 is 0 Å². The molecule has 1 atom stereocenters. The zero-order chi connectivity index (χ0) is 18.7. The maximum absolute atomic E-state index is 13.2. The lowest BCUT2D eigenvalue weighted by Gasteiger charge is -2.14. The molecule has 1 N–H and O–H groups in total. The normalized spacial score (nSPS) is 11.8. The summed E-state index contributed by atoms with van der Waals surface area (Å²) in [6.45, 7) is 1.44.